The van der Waals surface area contributed by atoms with Crippen LogP contribution in [0.5, 0.6) is 17.2 Å². The quantitative estimate of drug-likeness (QED) is 0.0909. The highest BCUT2D eigenvalue weighted by Crippen LogP contribution is 2.34. The molecule has 0 spiro atoms. The summed E-state index contributed by atoms with van der Waals surface area (Å²) in [5.41, 5.74) is 5.19. The molecule has 0 aliphatic carbocycles. The summed E-state index contributed by atoms with van der Waals surface area (Å²) in [5, 5.41) is 11.8. The van der Waals surface area contributed by atoms with Crippen LogP contribution in [0.15, 0.2) is 163 Å². The second-order valence-electron chi connectivity index (χ2n) is 13.1. The van der Waals surface area contributed by atoms with Crippen molar-refractivity contribution in [2.45, 2.75) is 36.5 Å². The minimum Gasteiger partial charge on any atom is -0.497 e. The van der Waals surface area contributed by atoms with Crippen molar-refractivity contribution in [3.8, 4) is 17.2 Å². The van der Waals surface area contributed by atoms with E-state index in [9.17, 15) is 13.5 Å². The summed E-state index contributed by atoms with van der Waals surface area (Å²) < 4.78 is 46.7. The molecule has 0 fully saturated rings. The summed E-state index contributed by atoms with van der Waals surface area (Å²) in [6, 6.07) is 49.6. The topological polar surface area (TPSA) is 97.3 Å². The van der Waals surface area contributed by atoms with E-state index in [0.717, 1.165) is 40.2 Å². The van der Waals surface area contributed by atoms with Crippen LogP contribution in [-0.2, 0) is 23.2 Å². The van der Waals surface area contributed by atoms with Crippen LogP contribution in [0.4, 0.5) is 5.69 Å². The number of aliphatic hydroxyl groups excluding tert-OH is 1. The molecule has 2 N–H and O–H groups in total. The minimum absolute atomic E-state index is 0.0669. The highest BCUT2D eigenvalue weighted by molar-refractivity contribution is 7.92. The van der Waals surface area contributed by atoms with E-state index in [2.05, 4.69) is 46.0 Å². The van der Waals surface area contributed by atoms with E-state index in [4.69, 9.17) is 14.2 Å². The third kappa shape index (κ3) is 10.3. The second-order valence-corrected chi connectivity index (χ2v) is 14.8. The average molecular weight is 743 g/mol. The van der Waals surface area contributed by atoms with Crippen LogP contribution in [0.25, 0.3) is 0 Å². The van der Waals surface area contributed by atoms with Crippen molar-refractivity contribution in [3.05, 3.63) is 186 Å². The molecule has 54 heavy (non-hydrogen) atoms. The third-order valence-corrected chi connectivity index (χ3v) is 10.8. The molecule has 1 unspecified atom stereocenters. The van der Waals surface area contributed by atoms with Crippen LogP contribution < -0.4 is 18.9 Å². The van der Waals surface area contributed by atoms with Crippen molar-refractivity contribution < 1.29 is 27.7 Å². The van der Waals surface area contributed by atoms with E-state index >= 15 is 0 Å². The van der Waals surface area contributed by atoms with Crippen molar-refractivity contribution in [1.82, 2.24) is 4.90 Å². The van der Waals surface area contributed by atoms with E-state index in [1.165, 1.54) is 12.1 Å². The Morgan fingerprint density at radius 2 is 1.17 bits per heavy atom. The second kappa shape index (κ2) is 18.4. The molecule has 6 aromatic carbocycles. The van der Waals surface area contributed by atoms with Gasteiger partial charge in [-0.15, -0.1) is 0 Å². The first-order chi connectivity index (χ1) is 26.3. The molecule has 278 valence electrons. The van der Waals surface area contributed by atoms with Gasteiger partial charge in [0.05, 0.1) is 30.9 Å². The molecule has 6 rings (SSSR count). The third-order valence-electron chi connectivity index (χ3n) is 9.37. The Balaban J connectivity index is 1.27. The molecule has 9 heteroatoms. The van der Waals surface area contributed by atoms with Crippen molar-refractivity contribution >= 4 is 15.7 Å². The number of nitrogens with one attached hydrogen (secondary N) is 1. The van der Waals surface area contributed by atoms with Gasteiger partial charge in [0.25, 0.3) is 10.0 Å². The van der Waals surface area contributed by atoms with Gasteiger partial charge in [-0.3, -0.25) is 9.62 Å². The number of nitrogens with zero attached hydrogens (tertiary/aromatic N) is 1. The highest BCUT2D eigenvalue weighted by Gasteiger charge is 2.22. The number of hydrogen-bond acceptors (Lipinski definition) is 7. The SMILES string of the molecule is COc1ccc(C(CCN(Cc2ccccc2)CC(O)c2ccc(OCc3ccccc3)c(NS(=O)(=O)c3ccccc3)c2)c2ccc(OC)cc2)cc1. The van der Waals surface area contributed by atoms with Gasteiger partial charge in [0.15, 0.2) is 0 Å². The lowest BCUT2D eigenvalue weighted by atomic mass is 9.88. The van der Waals surface area contributed by atoms with Crippen LogP contribution in [0.1, 0.15) is 46.3 Å². The average Bonchev–Trinajstić information content (AvgIpc) is 3.21. The summed E-state index contributed by atoms with van der Waals surface area (Å²) in [6.07, 6.45) is -0.163. The number of hydrogen-bond donors (Lipinski definition) is 2. The Hall–Kier alpha value is -5.61. The van der Waals surface area contributed by atoms with Crippen molar-refractivity contribution in [3.63, 3.8) is 0 Å². The molecule has 8 nitrogen and oxygen atoms in total. The van der Waals surface area contributed by atoms with Crippen LogP contribution in [-0.4, -0.2) is 45.7 Å². The Morgan fingerprint density at radius 1 is 0.648 bits per heavy atom. The maximum Gasteiger partial charge on any atom is 0.262 e. The monoisotopic (exact) mass is 742 g/mol. The van der Waals surface area contributed by atoms with Crippen LogP contribution >= 0.6 is 0 Å². The molecule has 0 saturated carbocycles. The molecule has 6 aromatic rings. The molecule has 0 aliphatic rings. The van der Waals surface area contributed by atoms with Gasteiger partial charge in [-0.1, -0.05) is 109 Å². The normalized spacial score (nSPS) is 12.0. The number of aliphatic hydroxyl groups is 1. The lowest BCUT2D eigenvalue weighted by Crippen LogP contribution is -2.30. The maximum atomic E-state index is 13.5. The molecule has 0 radical (unpaired) electrons. The fourth-order valence-corrected chi connectivity index (χ4v) is 7.52. The van der Waals surface area contributed by atoms with Gasteiger partial charge < -0.3 is 19.3 Å². The van der Waals surface area contributed by atoms with Crippen LogP contribution in [0.3, 0.4) is 0 Å². The molecular formula is C45H46N2O6S. The lowest BCUT2D eigenvalue weighted by Gasteiger charge is -2.28. The standard InChI is InChI=1S/C45H46N2O6S/c1-51-39-23-18-36(19-24-39)42(37-20-25-40(52-2)26-21-37)28-29-47(31-34-12-6-3-7-13-34)32-44(48)38-22-27-45(53-33-35-14-8-4-9-15-35)43(30-38)46-54(49,50)41-16-10-5-11-17-41/h3-27,30,42,44,46,48H,28-29,31-33H2,1-2H3. The smallest absolute Gasteiger partial charge is 0.262 e. The first-order valence-corrected chi connectivity index (χ1v) is 19.4. The van der Waals surface area contributed by atoms with Crippen molar-refractivity contribution in [2.24, 2.45) is 0 Å². The number of sulfonamides is 1. The number of anilines is 1. The fourth-order valence-electron chi connectivity index (χ4n) is 6.44. The van der Waals surface area contributed by atoms with Crippen LogP contribution in [0.2, 0.25) is 0 Å². The Kier molecular flexibility index (Phi) is 13.0. The van der Waals surface area contributed by atoms with Gasteiger partial charge in [-0.05, 0) is 89.3 Å². The summed E-state index contributed by atoms with van der Waals surface area (Å²) in [5.74, 6) is 2.01. The number of rotatable bonds is 18. The molecule has 0 amide bonds. The van der Waals surface area contributed by atoms with Gasteiger partial charge in [-0.2, -0.15) is 0 Å². The largest absolute Gasteiger partial charge is 0.497 e. The summed E-state index contributed by atoms with van der Waals surface area (Å²) in [6.45, 7) is 1.83. The molecular weight excluding hydrogens is 697 g/mol. The van der Waals surface area contributed by atoms with E-state index in [1.807, 2.05) is 72.8 Å². The minimum atomic E-state index is -3.94. The number of benzene rings is 6. The Morgan fingerprint density at radius 3 is 1.72 bits per heavy atom. The van der Waals surface area contributed by atoms with E-state index in [0.29, 0.717) is 30.9 Å². The van der Waals surface area contributed by atoms with E-state index in [1.54, 1.807) is 50.6 Å². The molecule has 0 bridgehead atoms. The van der Waals surface area contributed by atoms with Crippen molar-refractivity contribution in [2.75, 3.05) is 32.0 Å². The maximum absolute atomic E-state index is 13.5. The zero-order chi connectivity index (χ0) is 37.8. The zero-order valence-corrected chi connectivity index (χ0v) is 31.4. The zero-order valence-electron chi connectivity index (χ0n) is 30.5. The van der Waals surface area contributed by atoms with Gasteiger partial charge in [0, 0.05) is 19.0 Å². The molecule has 0 saturated heterocycles. The predicted octanol–water partition coefficient (Wildman–Crippen LogP) is 8.84. The fraction of sp³-hybridized carbons (Fsp3) is 0.200. The highest BCUT2D eigenvalue weighted by atomic mass is 32.2. The first-order valence-electron chi connectivity index (χ1n) is 17.9. The summed E-state index contributed by atoms with van der Waals surface area (Å²) >= 11 is 0. The van der Waals surface area contributed by atoms with Crippen molar-refractivity contribution in [1.29, 1.82) is 0 Å². The Bertz CT molecular complexity index is 2100. The number of methoxy groups -OCH3 is 2. The lowest BCUT2D eigenvalue weighted by molar-refractivity contribution is 0.107. The molecule has 0 heterocycles. The predicted molar refractivity (Wildman–Crippen MR) is 214 cm³/mol. The van der Waals surface area contributed by atoms with Gasteiger partial charge in [-0.25, -0.2) is 8.42 Å². The number of ether oxygens (including phenoxy) is 3. The molecule has 0 aliphatic heterocycles. The summed E-state index contributed by atoms with van der Waals surface area (Å²) in [7, 11) is -0.619. The van der Waals surface area contributed by atoms with Gasteiger partial charge in [0.2, 0.25) is 0 Å². The van der Waals surface area contributed by atoms with E-state index in [-0.39, 0.29) is 23.1 Å². The van der Waals surface area contributed by atoms with Gasteiger partial charge >= 0.3 is 0 Å². The summed E-state index contributed by atoms with van der Waals surface area (Å²) in [4.78, 5) is 2.37. The Labute approximate surface area is 318 Å². The van der Waals surface area contributed by atoms with Gasteiger partial charge in [0.1, 0.15) is 23.9 Å². The molecule has 1 atom stereocenters. The first kappa shape index (κ1) is 38.1. The van der Waals surface area contributed by atoms with E-state index < -0.39 is 16.1 Å². The van der Waals surface area contributed by atoms with Crippen LogP contribution in [0, 0.1) is 0 Å². The molecule has 0 aromatic heterocycles.